The zero-order valence-electron chi connectivity index (χ0n) is 16.4. The first kappa shape index (κ1) is 19.6. The van der Waals surface area contributed by atoms with E-state index in [2.05, 4.69) is 37.6 Å². The molecule has 8 heteroatoms. The summed E-state index contributed by atoms with van der Waals surface area (Å²) < 4.78 is 12.5. The van der Waals surface area contributed by atoms with Crippen molar-refractivity contribution in [3.63, 3.8) is 0 Å². The molecule has 0 unspecified atom stereocenters. The number of nitrogens with zero attached hydrogens (tertiary/aromatic N) is 3. The number of primary amides is 1. The van der Waals surface area contributed by atoms with Gasteiger partial charge in [0, 0.05) is 24.5 Å². The maximum Gasteiger partial charge on any atom is 0.254 e. The number of hydrogen-bond donors (Lipinski definition) is 3. The molecule has 0 spiro atoms. The van der Waals surface area contributed by atoms with Gasteiger partial charge >= 0.3 is 0 Å². The Kier molecular flexibility index (Phi) is 5.89. The average molecular weight is 398 g/mol. The van der Waals surface area contributed by atoms with Crippen molar-refractivity contribution in [3.05, 3.63) is 41.6 Å². The Bertz CT molecular complexity index is 847. The van der Waals surface area contributed by atoms with Gasteiger partial charge in [-0.3, -0.25) is 4.79 Å². The third kappa shape index (κ3) is 5.00. The molecule has 154 valence electrons. The molecule has 1 aliphatic heterocycles. The van der Waals surface area contributed by atoms with Gasteiger partial charge in [0.1, 0.15) is 12.5 Å². The normalized spacial score (nSPS) is 17.8. The number of nitrogens with one attached hydrogen (secondary N) is 2. The van der Waals surface area contributed by atoms with Crippen LogP contribution >= 0.6 is 0 Å². The van der Waals surface area contributed by atoms with E-state index in [0.29, 0.717) is 35.8 Å². The Morgan fingerprint density at radius 3 is 2.52 bits per heavy atom. The number of anilines is 3. The highest BCUT2D eigenvalue weighted by atomic mass is 19.1. The minimum absolute atomic E-state index is 0.272. The van der Waals surface area contributed by atoms with Gasteiger partial charge in [0.25, 0.3) is 5.91 Å². The lowest BCUT2D eigenvalue weighted by molar-refractivity contribution is 0.100. The number of likely N-dealkylation sites (tertiary alicyclic amines) is 1. The van der Waals surface area contributed by atoms with Gasteiger partial charge in [-0.15, -0.1) is 0 Å². The second kappa shape index (κ2) is 8.73. The van der Waals surface area contributed by atoms with Crippen molar-refractivity contribution < 1.29 is 9.18 Å². The summed E-state index contributed by atoms with van der Waals surface area (Å²) in [6.45, 7) is 2.17. The van der Waals surface area contributed by atoms with Crippen LogP contribution < -0.4 is 16.4 Å². The largest absolute Gasteiger partial charge is 0.367 e. The number of hydrogen-bond acceptors (Lipinski definition) is 6. The fraction of sp³-hybridized carbons (Fsp3) is 0.476. The summed E-state index contributed by atoms with van der Waals surface area (Å²) in [5, 5.41) is 6.43. The van der Waals surface area contributed by atoms with Crippen LogP contribution in [-0.2, 0) is 0 Å². The molecule has 2 aliphatic rings. The van der Waals surface area contributed by atoms with E-state index in [-0.39, 0.29) is 6.67 Å². The molecule has 0 atom stereocenters. The van der Waals surface area contributed by atoms with E-state index in [1.807, 2.05) is 12.1 Å². The Labute approximate surface area is 169 Å². The van der Waals surface area contributed by atoms with Gasteiger partial charge in [0.2, 0.25) is 5.95 Å². The van der Waals surface area contributed by atoms with Crippen LogP contribution in [-0.4, -0.2) is 53.1 Å². The van der Waals surface area contributed by atoms with Crippen LogP contribution in [0.15, 0.2) is 30.5 Å². The van der Waals surface area contributed by atoms with E-state index < -0.39 is 5.91 Å². The minimum Gasteiger partial charge on any atom is -0.367 e. The summed E-state index contributed by atoms with van der Waals surface area (Å²) in [6, 6.07) is 8.63. The van der Waals surface area contributed by atoms with Gasteiger partial charge in [-0.1, -0.05) is 12.1 Å². The summed E-state index contributed by atoms with van der Waals surface area (Å²) >= 11 is 0. The van der Waals surface area contributed by atoms with E-state index in [1.165, 1.54) is 11.8 Å². The molecule has 2 aromatic rings. The van der Waals surface area contributed by atoms with Gasteiger partial charge in [-0.2, -0.15) is 4.98 Å². The molecule has 0 radical (unpaired) electrons. The zero-order chi connectivity index (χ0) is 20.2. The molecule has 1 amide bonds. The number of piperidine rings is 1. The summed E-state index contributed by atoms with van der Waals surface area (Å²) in [7, 11) is 0. The Morgan fingerprint density at radius 1 is 1.17 bits per heavy atom. The SMILES string of the molecule is NC(=O)c1cnc(Nc2ccc(C3CCN(CCF)CC3)cc2)nc1NC1CC1. The van der Waals surface area contributed by atoms with Crippen molar-refractivity contribution in [1.29, 1.82) is 0 Å². The molecule has 4 N–H and O–H groups in total. The highest BCUT2D eigenvalue weighted by Gasteiger charge is 2.24. The topological polar surface area (TPSA) is 96.2 Å². The molecular formula is C21H27FN6O. The molecule has 1 aromatic heterocycles. The zero-order valence-corrected chi connectivity index (χ0v) is 16.4. The molecule has 2 heterocycles. The number of rotatable bonds is 8. The summed E-state index contributed by atoms with van der Waals surface area (Å²) in [4.78, 5) is 22.4. The number of halogens is 1. The van der Waals surface area contributed by atoms with Crippen molar-refractivity contribution in [1.82, 2.24) is 14.9 Å². The Balaban J connectivity index is 1.40. The van der Waals surface area contributed by atoms with Gasteiger partial charge < -0.3 is 21.3 Å². The van der Waals surface area contributed by atoms with E-state index in [1.54, 1.807) is 0 Å². The summed E-state index contributed by atoms with van der Waals surface area (Å²) in [5.41, 5.74) is 7.91. The molecule has 1 saturated carbocycles. The van der Waals surface area contributed by atoms with E-state index >= 15 is 0 Å². The van der Waals surface area contributed by atoms with Crippen molar-refractivity contribution in [3.8, 4) is 0 Å². The van der Waals surface area contributed by atoms with Gasteiger partial charge in [0.15, 0.2) is 0 Å². The number of alkyl halides is 1. The van der Waals surface area contributed by atoms with Gasteiger partial charge in [-0.05, 0) is 62.4 Å². The van der Waals surface area contributed by atoms with Crippen molar-refractivity contribution in [2.75, 3.05) is 36.9 Å². The molecule has 1 aromatic carbocycles. The molecule has 29 heavy (non-hydrogen) atoms. The molecule has 4 rings (SSSR count). The van der Waals surface area contributed by atoms with E-state index in [9.17, 15) is 9.18 Å². The van der Waals surface area contributed by atoms with Gasteiger partial charge in [0.05, 0.1) is 5.56 Å². The second-order valence-electron chi connectivity index (χ2n) is 7.79. The lowest BCUT2D eigenvalue weighted by atomic mass is 9.89. The fourth-order valence-corrected chi connectivity index (χ4v) is 3.73. The Hall–Kier alpha value is -2.74. The van der Waals surface area contributed by atoms with Crippen LogP contribution in [0.5, 0.6) is 0 Å². The van der Waals surface area contributed by atoms with E-state index in [0.717, 1.165) is 44.5 Å². The van der Waals surface area contributed by atoms with Crippen LogP contribution in [0.3, 0.4) is 0 Å². The molecule has 2 fully saturated rings. The number of benzene rings is 1. The van der Waals surface area contributed by atoms with Crippen molar-refractivity contribution in [2.45, 2.75) is 37.6 Å². The average Bonchev–Trinajstić information content (AvgIpc) is 3.53. The number of carbonyl (C=O) groups excluding carboxylic acids is 1. The molecule has 0 bridgehead atoms. The van der Waals surface area contributed by atoms with Crippen LogP contribution in [0.25, 0.3) is 0 Å². The number of aromatic nitrogens is 2. The summed E-state index contributed by atoms with van der Waals surface area (Å²) in [6.07, 6.45) is 5.71. The van der Waals surface area contributed by atoms with Crippen LogP contribution in [0.2, 0.25) is 0 Å². The highest BCUT2D eigenvalue weighted by molar-refractivity contribution is 5.97. The predicted octanol–water partition coefficient (Wildman–Crippen LogP) is 3.04. The predicted molar refractivity (Wildman–Crippen MR) is 111 cm³/mol. The smallest absolute Gasteiger partial charge is 0.254 e. The van der Waals surface area contributed by atoms with Crippen molar-refractivity contribution >= 4 is 23.4 Å². The third-order valence-corrected chi connectivity index (χ3v) is 5.60. The lowest BCUT2D eigenvalue weighted by Gasteiger charge is -2.31. The maximum atomic E-state index is 12.5. The summed E-state index contributed by atoms with van der Waals surface area (Å²) in [5.74, 6) is 0.876. The number of amides is 1. The Morgan fingerprint density at radius 2 is 1.90 bits per heavy atom. The first-order valence-electron chi connectivity index (χ1n) is 10.2. The molecule has 7 nitrogen and oxygen atoms in total. The molecule has 1 saturated heterocycles. The minimum atomic E-state index is -0.540. The molecule has 1 aliphatic carbocycles. The highest BCUT2D eigenvalue weighted by Crippen LogP contribution is 2.30. The fourth-order valence-electron chi connectivity index (χ4n) is 3.73. The number of carbonyl (C=O) groups is 1. The monoisotopic (exact) mass is 398 g/mol. The van der Waals surface area contributed by atoms with E-state index in [4.69, 9.17) is 5.73 Å². The molecular weight excluding hydrogens is 371 g/mol. The standard InChI is InChI=1S/C21H27FN6O/c22-9-12-28-10-7-15(8-11-28)14-1-3-17(4-2-14)26-21-24-13-18(19(23)29)20(27-21)25-16-5-6-16/h1-4,13,15-16H,5-12H2,(H2,23,29)(H2,24,25,26,27). The first-order chi connectivity index (χ1) is 14.1. The first-order valence-corrected chi connectivity index (χ1v) is 10.2. The quantitative estimate of drug-likeness (QED) is 0.633. The number of nitrogens with two attached hydrogens (primary N) is 1. The maximum absolute atomic E-state index is 12.5. The van der Waals surface area contributed by atoms with Crippen LogP contribution in [0.1, 0.15) is 47.5 Å². The van der Waals surface area contributed by atoms with Gasteiger partial charge in [-0.25, -0.2) is 9.37 Å². The second-order valence-corrected chi connectivity index (χ2v) is 7.79. The third-order valence-electron chi connectivity index (χ3n) is 5.60. The van der Waals surface area contributed by atoms with Crippen LogP contribution in [0, 0.1) is 0 Å². The lowest BCUT2D eigenvalue weighted by Crippen LogP contribution is -2.34. The van der Waals surface area contributed by atoms with Crippen molar-refractivity contribution in [2.24, 2.45) is 5.73 Å². The van der Waals surface area contributed by atoms with Crippen LogP contribution in [0.4, 0.5) is 21.8 Å².